The van der Waals surface area contributed by atoms with Gasteiger partial charge < -0.3 is 26.2 Å². The van der Waals surface area contributed by atoms with Crippen LogP contribution in [0.3, 0.4) is 0 Å². The summed E-state index contributed by atoms with van der Waals surface area (Å²) >= 11 is 0. The van der Waals surface area contributed by atoms with E-state index in [9.17, 15) is 29.1 Å². The largest absolute Gasteiger partial charge is 0.481 e. The molecule has 0 bridgehead atoms. The molecule has 2 aromatic heterocycles. The zero-order valence-corrected chi connectivity index (χ0v) is 30.2. The number of carboxylic acid groups (broad SMARTS) is 2. The number of amides is 3. The number of aromatic nitrogens is 2. The first-order valence-electron chi connectivity index (χ1n) is 18.4. The maximum absolute atomic E-state index is 12.5. The number of pyridine rings is 2. The lowest BCUT2D eigenvalue weighted by Crippen LogP contribution is -2.41. The third-order valence-electron chi connectivity index (χ3n) is 8.52. The molecule has 2 atom stereocenters. The second-order valence-electron chi connectivity index (χ2n) is 13.2. The number of nitrogens with zero attached hydrogens (tertiary/aromatic N) is 3. The van der Waals surface area contributed by atoms with Crippen molar-refractivity contribution in [1.29, 1.82) is 0 Å². The number of carbonyl (C=O) groups is 5. The van der Waals surface area contributed by atoms with Gasteiger partial charge in [0, 0.05) is 63.8 Å². The highest BCUT2D eigenvalue weighted by Crippen LogP contribution is 2.12. The molecular formula is C38H58N6O7. The van der Waals surface area contributed by atoms with Crippen LogP contribution in [0.15, 0.2) is 48.8 Å². The van der Waals surface area contributed by atoms with Gasteiger partial charge in [-0.15, -0.1) is 0 Å². The molecule has 2 rings (SSSR count). The number of carbonyl (C=O) groups excluding carboxylic acids is 3. The average Bonchev–Trinajstić information content (AvgIpc) is 3.10. The molecule has 0 saturated heterocycles. The van der Waals surface area contributed by atoms with Crippen molar-refractivity contribution in [3.63, 3.8) is 0 Å². The summed E-state index contributed by atoms with van der Waals surface area (Å²) in [7, 11) is 0. The molecule has 0 aromatic carbocycles. The van der Waals surface area contributed by atoms with Gasteiger partial charge in [0.25, 0.3) is 0 Å². The number of rotatable bonds is 29. The number of unbranched alkanes of at least 4 members (excludes halogenated alkanes) is 7. The highest BCUT2D eigenvalue weighted by Gasteiger charge is 2.20. The molecule has 2 heterocycles. The van der Waals surface area contributed by atoms with E-state index >= 15 is 0 Å². The van der Waals surface area contributed by atoms with Gasteiger partial charge in [0.2, 0.25) is 5.91 Å². The fraction of sp³-hybridized carbons (Fsp3) is 0.605. The van der Waals surface area contributed by atoms with E-state index in [0.29, 0.717) is 58.2 Å². The Morgan fingerprint density at radius 3 is 1.82 bits per heavy atom. The van der Waals surface area contributed by atoms with Crippen LogP contribution in [-0.4, -0.2) is 79.9 Å². The molecule has 0 aliphatic rings. The number of hydrogen-bond donors (Lipinski definition) is 5. The zero-order valence-electron chi connectivity index (χ0n) is 30.2. The molecule has 0 radical (unpaired) electrons. The minimum atomic E-state index is -1.03. The first kappa shape index (κ1) is 42.8. The van der Waals surface area contributed by atoms with Gasteiger partial charge in [-0.3, -0.25) is 29.3 Å². The van der Waals surface area contributed by atoms with Crippen LogP contribution in [0.2, 0.25) is 0 Å². The van der Waals surface area contributed by atoms with E-state index < -0.39 is 18.0 Å². The fourth-order valence-electron chi connectivity index (χ4n) is 5.64. The van der Waals surface area contributed by atoms with E-state index in [1.54, 1.807) is 19.3 Å². The van der Waals surface area contributed by atoms with Crippen LogP contribution in [-0.2, 0) is 32.3 Å². The molecule has 282 valence electrons. The van der Waals surface area contributed by atoms with Crippen molar-refractivity contribution in [2.75, 3.05) is 13.1 Å². The van der Waals surface area contributed by atoms with Crippen molar-refractivity contribution in [3.8, 4) is 0 Å². The number of Topliss-reactive ketones (excluding diaryl/α,β-unsaturated/α-hetero) is 1. The minimum Gasteiger partial charge on any atom is -0.481 e. The van der Waals surface area contributed by atoms with Gasteiger partial charge in [-0.25, -0.2) is 9.59 Å². The van der Waals surface area contributed by atoms with Gasteiger partial charge in [-0.05, 0) is 89.1 Å². The van der Waals surface area contributed by atoms with Gasteiger partial charge in [0.15, 0.2) is 0 Å². The van der Waals surface area contributed by atoms with Crippen molar-refractivity contribution in [3.05, 3.63) is 60.2 Å². The van der Waals surface area contributed by atoms with Crippen LogP contribution in [0.4, 0.5) is 4.79 Å². The lowest BCUT2D eigenvalue weighted by atomic mass is 10.0. The molecule has 2 unspecified atom stereocenters. The number of urea groups is 1. The molecule has 51 heavy (non-hydrogen) atoms. The number of carboxylic acids is 2. The molecule has 5 N–H and O–H groups in total. The summed E-state index contributed by atoms with van der Waals surface area (Å²) in [5, 5.41) is 26.6. The predicted molar refractivity (Wildman–Crippen MR) is 195 cm³/mol. The van der Waals surface area contributed by atoms with Crippen molar-refractivity contribution >= 4 is 29.7 Å². The standard InChI is InChI=1S/C38H58N6O7/c1-30(22-23-36(47)48)42-38(51)41-26-12-5-4-7-19-33(45)18-6-2-3-8-21-35(46)43-34(37(49)50)20-11-15-27-44(28-31-16-9-13-24-39-31)29-32-17-10-14-25-40-32/h9-10,13-14,16-17,24-25,30,34H,2-8,11-12,15,18-23,26-29H2,1H3,(H,43,46)(H,47,48)(H,49,50)(H2,41,42,51). The number of hydrogen-bond acceptors (Lipinski definition) is 8. The number of aliphatic carboxylic acids is 2. The summed E-state index contributed by atoms with van der Waals surface area (Å²) in [4.78, 5) is 70.1. The molecule has 13 nitrogen and oxygen atoms in total. The van der Waals surface area contributed by atoms with Crippen molar-refractivity contribution in [1.82, 2.24) is 30.8 Å². The maximum atomic E-state index is 12.5. The third-order valence-corrected chi connectivity index (χ3v) is 8.52. The minimum absolute atomic E-state index is 0.0146. The summed E-state index contributed by atoms with van der Waals surface area (Å²) in [5.41, 5.74) is 1.91. The molecule has 0 saturated carbocycles. The van der Waals surface area contributed by atoms with Crippen LogP contribution < -0.4 is 16.0 Å². The topological polar surface area (TPSA) is 191 Å². The molecular weight excluding hydrogens is 652 g/mol. The second kappa shape index (κ2) is 26.4. The Balaban J connectivity index is 1.51. The van der Waals surface area contributed by atoms with Crippen molar-refractivity contribution in [2.45, 2.75) is 135 Å². The Labute approximate surface area is 302 Å². The molecule has 3 amide bonds. The lowest BCUT2D eigenvalue weighted by molar-refractivity contribution is -0.142. The second-order valence-corrected chi connectivity index (χ2v) is 13.2. The van der Waals surface area contributed by atoms with E-state index in [0.717, 1.165) is 69.3 Å². The third kappa shape index (κ3) is 22.1. The summed E-state index contributed by atoms with van der Waals surface area (Å²) in [6, 6.07) is 10.2. The summed E-state index contributed by atoms with van der Waals surface area (Å²) in [6.07, 6.45) is 13.6. The summed E-state index contributed by atoms with van der Waals surface area (Å²) in [6.45, 7) is 4.37. The molecule has 0 fully saturated rings. The maximum Gasteiger partial charge on any atom is 0.326 e. The van der Waals surface area contributed by atoms with Gasteiger partial charge in [-0.1, -0.05) is 37.8 Å². The Bertz CT molecular complexity index is 1260. The Morgan fingerprint density at radius 2 is 1.27 bits per heavy atom. The molecule has 0 aliphatic carbocycles. The number of nitrogens with one attached hydrogen (secondary N) is 3. The van der Waals surface area contributed by atoms with Crippen LogP contribution in [0, 0.1) is 0 Å². The van der Waals surface area contributed by atoms with Crippen LogP contribution in [0.25, 0.3) is 0 Å². The van der Waals surface area contributed by atoms with Crippen molar-refractivity contribution < 1.29 is 34.2 Å². The molecule has 0 spiro atoms. The molecule has 0 aliphatic heterocycles. The molecule has 13 heteroatoms. The Hall–Kier alpha value is -4.39. The van der Waals surface area contributed by atoms with Gasteiger partial charge in [0.1, 0.15) is 11.8 Å². The van der Waals surface area contributed by atoms with E-state index in [4.69, 9.17) is 5.11 Å². The first-order valence-corrected chi connectivity index (χ1v) is 18.4. The smallest absolute Gasteiger partial charge is 0.326 e. The highest BCUT2D eigenvalue weighted by molar-refractivity contribution is 5.83. The first-order chi connectivity index (χ1) is 24.6. The van der Waals surface area contributed by atoms with Crippen molar-refractivity contribution in [2.24, 2.45) is 0 Å². The van der Waals surface area contributed by atoms with Crippen LogP contribution >= 0.6 is 0 Å². The fourth-order valence-corrected chi connectivity index (χ4v) is 5.64. The Morgan fingerprint density at radius 1 is 0.686 bits per heavy atom. The predicted octanol–water partition coefficient (Wildman–Crippen LogP) is 5.63. The van der Waals surface area contributed by atoms with Gasteiger partial charge in [-0.2, -0.15) is 0 Å². The normalized spacial score (nSPS) is 12.2. The Kier molecular flexibility index (Phi) is 22.2. The molecule has 2 aromatic rings. The van der Waals surface area contributed by atoms with Gasteiger partial charge in [0.05, 0.1) is 11.4 Å². The summed E-state index contributed by atoms with van der Waals surface area (Å²) < 4.78 is 0. The lowest BCUT2D eigenvalue weighted by Gasteiger charge is -2.22. The monoisotopic (exact) mass is 710 g/mol. The van der Waals surface area contributed by atoms with Gasteiger partial charge >= 0.3 is 18.0 Å². The van der Waals surface area contributed by atoms with Crippen LogP contribution in [0.5, 0.6) is 0 Å². The van der Waals surface area contributed by atoms with E-state index in [1.807, 2.05) is 36.4 Å². The quantitative estimate of drug-likeness (QED) is 0.0662. The average molecular weight is 711 g/mol. The summed E-state index contributed by atoms with van der Waals surface area (Å²) in [5.74, 6) is -1.93. The van der Waals surface area contributed by atoms with E-state index in [-0.39, 0.29) is 36.6 Å². The number of ketones is 1. The van der Waals surface area contributed by atoms with E-state index in [2.05, 4.69) is 30.8 Å². The highest BCUT2D eigenvalue weighted by atomic mass is 16.4. The SMILES string of the molecule is CC(CCC(=O)O)NC(=O)NCCCCCCC(=O)CCCCCCC(=O)NC(CCCCN(Cc1ccccn1)Cc1ccccn1)C(=O)O. The van der Waals surface area contributed by atoms with Crippen LogP contribution in [0.1, 0.15) is 121 Å². The zero-order chi connectivity index (χ0) is 37.1. The van der Waals surface area contributed by atoms with E-state index in [1.165, 1.54) is 0 Å².